The molecule has 7 heteroatoms. The van der Waals surface area contributed by atoms with Crippen LogP contribution in [0, 0.1) is 5.92 Å². The number of hydrogen-bond donors (Lipinski definition) is 1. The Morgan fingerprint density at radius 3 is 2.32 bits per heavy atom. The van der Waals surface area contributed by atoms with Crippen LogP contribution in [0.15, 0.2) is 0 Å². The van der Waals surface area contributed by atoms with E-state index in [4.69, 9.17) is 4.74 Å². The zero-order valence-electron chi connectivity index (χ0n) is 16.2. The smallest absolute Gasteiger partial charge is 0.410 e. The Morgan fingerprint density at radius 2 is 1.72 bits per heavy atom. The van der Waals surface area contributed by atoms with Crippen molar-refractivity contribution in [2.75, 3.05) is 52.4 Å². The molecule has 144 valence electrons. The number of carbonyl (C=O) groups is 2. The number of piperidine rings is 1. The van der Waals surface area contributed by atoms with Gasteiger partial charge < -0.3 is 24.8 Å². The lowest BCUT2D eigenvalue weighted by Crippen LogP contribution is -2.54. The first kappa shape index (κ1) is 19.8. The van der Waals surface area contributed by atoms with Crippen LogP contribution in [0.25, 0.3) is 0 Å². The van der Waals surface area contributed by atoms with Gasteiger partial charge in [0, 0.05) is 45.8 Å². The second-order valence-electron chi connectivity index (χ2n) is 8.23. The predicted octanol–water partition coefficient (Wildman–Crippen LogP) is 1.98. The highest BCUT2D eigenvalue weighted by Crippen LogP contribution is 2.14. The van der Waals surface area contributed by atoms with Crippen molar-refractivity contribution in [3.8, 4) is 0 Å². The van der Waals surface area contributed by atoms with Crippen LogP contribution in [0.4, 0.5) is 9.59 Å². The molecule has 3 amide bonds. The number of nitrogens with one attached hydrogen (secondary N) is 1. The van der Waals surface area contributed by atoms with Crippen molar-refractivity contribution in [1.82, 2.24) is 20.0 Å². The molecule has 1 N–H and O–H groups in total. The second kappa shape index (κ2) is 8.74. The largest absolute Gasteiger partial charge is 0.444 e. The van der Waals surface area contributed by atoms with E-state index >= 15 is 0 Å². The van der Waals surface area contributed by atoms with E-state index < -0.39 is 5.60 Å². The molecule has 0 aromatic rings. The first-order valence-electron chi connectivity index (χ1n) is 9.47. The molecule has 25 heavy (non-hydrogen) atoms. The van der Waals surface area contributed by atoms with E-state index in [1.165, 1.54) is 12.8 Å². The van der Waals surface area contributed by atoms with Gasteiger partial charge in [-0.25, -0.2) is 9.59 Å². The second-order valence-corrected chi connectivity index (χ2v) is 8.23. The quantitative estimate of drug-likeness (QED) is 0.842. The molecule has 7 nitrogen and oxygen atoms in total. The summed E-state index contributed by atoms with van der Waals surface area (Å²) in [5.41, 5.74) is -0.489. The lowest BCUT2D eigenvalue weighted by atomic mass is 10.0. The van der Waals surface area contributed by atoms with Gasteiger partial charge in [0.25, 0.3) is 0 Å². The molecule has 0 aliphatic carbocycles. The van der Waals surface area contributed by atoms with E-state index in [0.29, 0.717) is 32.7 Å². The summed E-state index contributed by atoms with van der Waals surface area (Å²) in [6.45, 7) is 13.8. The molecule has 0 spiro atoms. The Bertz CT molecular complexity index is 456. The van der Waals surface area contributed by atoms with Crippen molar-refractivity contribution < 1.29 is 14.3 Å². The lowest BCUT2D eigenvalue weighted by Gasteiger charge is -2.36. The molecule has 2 aliphatic rings. The van der Waals surface area contributed by atoms with E-state index in [0.717, 1.165) is 25.6 Å². The zero-order chi connectivity index (χ0) is 18.4. The number of urea groups is 1. The van der Waals surface area contributed by atoms with Crippen molar-refractivity contribution in [3.63, 3.8) is 0 Å². The number of rotatable bonds is 3. The van der Waals surface area contributed by atoms with E-state index in [2.05, 4.69) is 17.1 Å². The summed E-state index contributed by atoms with van der Waals surface area (Å²) in [4.78, 5) is 30.2. The Labute approximate surface area is 151 Å². The van der Waals surface area contributed by atoms with Gasteiger partial charge in [0.15, 0.2) is 0 Å². The maximum absolute atomic E-state index is 12.3. The summed E-state index contributed by atoms with van der Waals surface area (Å²) in [6.07, 6.45) is 2.26. The molecule has 2 rings (SSSR count). The Balaban J connectivity index is 1.64. The minimum Gasteiger partial charge on any atom is -0.444 e. The van der Waals surface area contributed by atoms with Crippen molar-refractivity contribution in [3.05, 3.63) is 0 Å². The van der Waals surface area contributed by atoms with Gasteiger partial charge >= 0.3 is 12.1 Å². The Kier molecular flexibility index (Phi) is 6.93. The number of nitrogens with zero attached hydrogens (tertiary/aromatic N) is 3. The summed E-state index contributed by atoms with van der Waals surface area (Å²) in [5, 5.41) is 3.01. The minimum absolute atomic E-state index is 0.0334. The fourth-order valence-corrected chi connectivity index (χ4v) is 3.34. The van der Waals surface area contributed by atoms with E-state index in [1.807, 2.05) is 20.8 Å². The molecule has 0 aromatic heterocycles. The van der Waals surface area contributed by atoms with Crippen LogP contribution in [0.2, 0.25) is 0 Å². The van der Waals surface area contributed by atoms with Crippen LogP contribution < -0.4 is 5.32 Å². The summed E-state index contributed by atoms with van der Waals surface area (Å²) in [6, 6.07) is -0.0334. The molecular weight excluding hydrogens is 320 g/mol. The van der Waals surface area contributed by atoms with Crippen LogP contribution in [0.5, 0.6) is 0 Å². The zero-order valence-corrected chi connectivity index (χ0v) is 16.2. The number of likely N-dealkylation sites (tertiary alicyclic amines) is 1. The van der Waals surface area contributed by atoms with Crippen molar-refractivity contribution >= 4 is 12.1 Å². The van der Waals surface area contributed by atoms with Crippen LogP contribution in [0.3, 0.4) is 0 Å². The average Bonchev–Trinajstić information content (AvgIpc) is 2.53. The van der Waals surface area contributed by atoms with Gasteiger partial charge in [-0.3, -0.25) is 0 Å². The predicted molar refractivity (Wildman–Crippen MR) is 97.6 cm³/mol. The molecule has 2 saturated heterocycles. The van der Waals surface area contributed by atoms with Crippen molar-refractivity contribution in [2.24, 2.45) is 5.92 Å². The molecule has 0 radical (unpaired) electrons. The number of amides is 3. The minimum atomic E-state index is -0.489. The number of ether oxygens (including phenoxy) is 1. The third-order valence-corrected chi connectivity index (χ3v) is 4.66. The normalized spacial score (nSPS) is 22.6. The molecule has 1 atom stereocenters. The van der Waals surface area contributed by atoms with Crippen molar-refractivity contribution in [1.29, 1.82) is 0 Å². The fourth-order valence-electron chi connectivity index (χ4n) is 3.34. The first-order valence-corrected chi connectivity index (χ1v) is 9.47. The van der Waals surface area contributed by atoms with E-state index in [-0.39, 0.29) is 12.1 Å². The maximum atomic E-state index is 12.3. The summed E-state index contributed by atoms with van der Waals surface area (Å²) in [7, 11) is 0. The standard InChI is InChI=1S/C18H34N4O3/c1-15-6-5-8-20(14-15)9-7-19-16(23)21-10-12-22(13-11-21)17(24)25-18(2,3)4/h15H,5-14H2,1-4H3,(H,19,23). The highest BCUT2D eigenvalue weighted by molar-refractivity contribution is 5.75. The SMILES string of the molecule is CC1CCCN(CCNC(=O)N2CCN(C(=O)OC(C)(C)C)CC2)C1. The number of carbonyl (C=O) groups excluding carboxylic acids is 2. The van der Waals surface area contributed by atoms with Crippen LogP contribution in [0.1, 0.15) is 40.5 Å². The van der Waals surface area contributed by atoms with Gasteiger partial charge in [0.1, 0.15) is 5.60 Å². The van der Waals surface area contributed by atoms with Crippen LogP contribution >= 0.6 is 0 Å². The van der Waals surface area contributed by atoms with Gasteiger partial charge in [-0.15, -0.1) is 0 Å². The average molecular weight is 354 g/mol. The first-order chi connectivity index (χ1) is 11.7. The molecule has 0 saturated carbocycles. The third kappa shape index (κ3) is 6.72. The van der Waals surface area contributed by atoms with Crippen molar-refractivity contribution in [2.45, 2.75) is 46.1 Å². The highest BCUT2D eigenvalue weighted by atomic mass is 16.6. The van der Waals surface area contributed by atoms with Gasteiger partial charge in [-0.05, 0) is 46.1 Å². The molecular formula is C18H34N4O3. The molecule has 1 unspecified atom stereocenters. The molecule has 2 aliphatic heterocycles. The molecule has 2 fully saturated rings. The summed E-state index contributed by atoms with van der Waals surface area (Å²) in [5.74, 6) is 0.755. The van der Waals surface area contributed by atoms with Gasteiger partial charge in [-0.2, -0.15) is 0 Å². The topological polar surface area (TPSA) is 65.1 Å². The molecule has 0 aromatic carbocycles. The molecule has 2 heterocycles. The Hall–Kier alpha value is -1.50. The van der Waals surface area contributed by atoms with Crippen LogP contribution in [-0.4, -0.2) is 84.8 Å². The monoisotopic (exact) mass is 354 g/mol. The maximum Gasteiger partial charge on any atom is 0.410 e. The fraction of sp³-hybridized carbons (Fsp3) is 0.889. The lowest BCUT2D eigenvalue weighted by molar-refractivity contribution is 0.0170. The summed E-state index contributed by atoms with van der Waals surface area (Å²) < 4.78 is 5.38. The van der Waals surface area contributed by atoms with Gasteiger partial charge in [0.05, 0.1) is 0 Å². The third-order valence-electron chi connectivity index (χ3n) is 4.66. The highest BCUT2D eigenvalue weighted by Gasteiger charge is 2.27. The van der Waals surface area contributed by atoms with Gasteiger partial charge in [-0.1, -0.05) is 6.92 Å². The van der Waals surface area contributed by atoms with E-state index in [9.17, 15) is 9.59 Å². The Morgan fingerprint density at radius 1 is 1.08 bits per heavy atom. The number of hydrogen-bond acceptors (Lipinski definition) is 4. The van der Waals surface area contributed by atoms with E-state index in [1.54, 1.807) is 9.80 Å². The summed E-state index contributed by atoms with van der Waals surface area (Å²) >= 11 is 0. The van der Waals surface area contributed by atoms with Crippen LogP contribution in [-0.2, 0) is 4.74 Å². The van der Waals surface area contributed by atoms with Gasteiger partial charge in [0.2, 0.25) is 0 Å². The molecule has 0 bridgehead atoms. The number of piperazine rings is 1.